The van der Waals surface area contributed by atoms with Crippen LogP contribution in [0.4, 0.5) is 0 Å². The standard InChI is InChI=1S/C7H16N4O2S/c1-9-7(8)10-3-5-11-4-2-6-14(11,12)13/h2-6H2,1H3,(H3,8,9,10). The zero-order valence-corrected chi connectivity index (χ0v) is 9.05. The molecular weight excluding hydrogens is 204 g/mol. The predicted octanol–water partition coefficient (Wildman–Crippen LogP) is -1.44. The number of hydrogen-bond donors (Lipinski definition) is 2. The molecule has 1 rings (SSSR count). The van der Waals surface area contributed by atoms with Crippen LogP contribution in [0.5, 0.6) is 0 Å². The minimum Gasteiger partial charge on any atom is -0.370 e. The van der Waals surface area contributed by atoms with E-state index >= 15 is 0 Å². The minimum atomic E-state index is -2.98. The van der Waals surface area contributed by atoms with Crippen molar-refractivity contribution in [1.82, 2.24) is 9.62 Å². The van der Waals surface area contributed by atoms with E-state index in [2.05, 4.69) is 10.3 Å². The van der Waals surface area contributed by atoms with Crippen molar-refractivity contribution in [2.45, 2.75) is 6.42 Å². The number of hydrogen-bond acceptors (Lipinski definition) is 3. The van der Waals surface area contributed by atoms with Crippen molar-refractivity contribution in [3.8, 4) is 0 Å². The van der Waals surface area contributed by atoms with Crippen molar-refractivity contribution < 1.29 is 8.42 Å². The third kappa shape index (κ3) is 2.85. The highest BCUT2D eigenvalue weighted by atomic mass is 32.2. The Morgan fingerprint density at radius 3 is 2.86 bits per heavy atom. The first kappa shape index (κ1) is 11.3. The van der Waals surface area contributed by atoms with Gasteiger partial charge in [-0.1, -0.05) is 0 Å². The van der Waals surface area contributed by atoms with Gasteiger partial charge in [-0.05, 0) is 6.42 Å². The summed E-state index contributed by atoms with van der Waals surface area (Å²) in [6.45, 7) is 1.58. The molecule has 3 N–H and O–H groups in total. The summed E-state index contributed by atoms with van der Waals surface area (Å²) < 4.78 is 24.2. The lowest BCUT2D eigenvalue weighted by molar-refractivity contribution is 0.445. The zero-order chi connectivity index (χ0) is 10.6. The topological polar surface area (TPSA) is 87.8 Å². The summed E-state index contributed by atoms with van der Waals surface area (Å²) in [7, 11) is -1.40. The molecule has 6 nitrogen and oxygen atoms in total. The van der Waals surface area contributed by atoms with E-state index in [-0.39, 0.29) is 5.75 Å². The second-order valence-electron chi connectivity index (χ2n) is 3.10. The van der Waals surface area contributed by atoms with Gasteiger partial charge in [-0.15, -0.1) is 0 Å². The molecule has 0 radical (unpaired) electrons. The highest BCUT2D eigenvalue weighted by Gasteiger charge is 2.27. The summed E-state index contributed by atoms with van der Waals surface area (Å²) in [4.78, 5) is 3.70. The van der Waals surface area contributed by atoms with E-state index < -0.39 is 10.0 Å². The highest BCUT2D eigenvalue weighted by Crippen LogP contribution is 2.11. The molecule has 0 saturated carbocycles. The molecule has 0 unspecified atom stereocenters. The number of aliphatic imine (C=N–C) groups is 1. The van der Waals surface area contributed by atoms with Gasteiger partial charge in [-0.3, -0.25) is 4.99 Å². The Hall–Kier alpha value is -0.820. The normalized spacial score (nSPS) is 22.5. The maximum Gasteiger partial charge on any atom is 0.214 e. The molecule has 0 bridgehead atoms. The molecule has 0 amide bonds. The van der Waals surface area contributed by atoms with Crippen LogP contribution >= 0.6 is 0 Å². The highest BCUT2D eigenvalue weighted by molar-refractivity contribution is 7.89. The van der Waals surface area contributed by atoms with Gasteiger partial charge >= 0.3 is 0 Å². The van der Waals surface area contributed by atoms with Crippen LogP contribution in [0, 0.1) is 0 Å². The molecule has 82 valence electrons. The molecule has 1 aliphatic rings. The van der Waals surface area contributed by atoms with Crippen molar-refractivity contribution >= 4 is 16.0 Å². The van der Waals surface area contributed by atoms with Crippen LogP contribution in [0.3, 0.4) is 0 Å². The third-order valence-electron chi connectivity index (χ3n) is 2.11. The number of rotatable bonds is 3. The van der Waals surface area contributed by atoms with Gasteiger partial charge in [-0.25, -0.2) is 12.7 Å². The molecular formula is C7H16N4O2S. The first-order chi connectivity index (χ1) is 6.56. The van der Waals surface area contributed by atoms with E-state index in [0.29, 0.717) is 25.6 Å². The van der Waals surface area contributed by atoms with Gasteiger partial charge in [0.2, 0.25) is 10.0 Å². The van der Waals surface area contributed by atoms with Gasteiger partial charge in [-0.2, -0.15) is 0 Å². The van der Waals surface area contributed by atoms with E-state index in [1.165, 1.54) is 4.31 Å². The van der Waals surface area contributed by atoms with Gasteiger partial charge in [0, 0.05) is 26.7 Å². The molecule has 1 heterocycles. The maximum absolute atomic E-state index is 11.3. The van der Waals surface area contributed by atoms with Crippen LogP contribution in [0.1, 0.15) is 6.42 Å². The smallest absolute Gasteiger partial charge is 0.214 e. The summed E-state index contributed by atoms with van der Waals surface area (Å²) in [6.07, 6.45) is 0.722. The molecule has 0 aromatic heterocycles. The average Bonchev–Trinajstić information content (AvgIpc) is 2.45. The fourth-order valence-corrected chi connectivity index (χ4v) is 2.86. The van der Waals surface area contributed by atoms with E-state index in [0.717, 1.165) is 6.42 Å². The first-order valence-corrected chi connectivity index (χ1v) is 6.11. The SMILES string of the molecule is CN=C(N)NCCN1CCCS1(=O)=O. The van der Waals surface area contributed by atoms with Crippen LogP contribution in [-0.4, -0.2) is 51.1 Å². The lowest BCUT2D eigenvalue weighted by Gasteiger charge is -2.14. The van der Waals surface area contributed by atoms with E-state index in [1.807, 2.05) is 0 Å². The fourth-order valence-electron chi connectivity index (χ4n) is 1.33. The van der Waals surface area contributed by atoms with Crippen molar-refractivity contribution in [3.63, 3.8) is 0 Å². The second-order valence-corrected chi connectivity index (χ2v) is 5.19. The lowest BCUT2D eigenvalue weighted by Crippen LogP contribution is -2.39. The molecule has 0 spiro atoms. The van der Waals surface area contributed by atoms with Gasteiger partial charge < -0.3 is 11.1 Å². The van der Waals surface area contributed by atoms with Crippen LogP contribution in [0.25, 0.3) is 0 Å². The van der Waals surface area contributed by atoms with Crippen molar-refractivity contribution in [2.24, 2.45) is 10.7 Å². The van der Waals surface area contributed by atoms with Crippen LogP contribution in [0.2, 0.25) is 0 Å². The Bertz CT molecular complexity index is 312. The molecule has 1 saturated heterocycles. The molecule has 0 aliphatic carbocycles. The summed E-state index contributed by atoms with van der Waals surface area (Å²) in [6, 6.07) is 0. The molecule has 0 atom stereocenters. The number of guanidine groups is 1. The van der Waals surface area contributed by atoms with Crippen molar-refractivity contribution in [3.05, 3.63) is 0 Å². The number of nitrogens with one attached hydrogen (secondary N) is 1. The van der Waals surface area contributed by atoms with Gasteiger partial charge in [0.15, 0.2) is 5.96 Å². The van der Waals surface area contributed by atoms with Gasteiger partial charge in [0.1, 0.15) is 0 Å². The quantitative estimate of drug-likeness (QED) is 0.450. The Balaban J connectivity index is 2.32. The Labute approximate surface area is 84.2 Å². The summed E-state index contributed by atoms with van der Waals surface area (Å²) in [5, 5.41) is 2.82. The molecule has 0 aromatic rings. The minimum absolute atomic E-state index is 0.268. The largest absolute Gasteiger partial charge is 0.370 e. The van der Waals surface area contributed by atoms with E-state index in [9.17, 15) is 8.42 Å². The monoisotopic (exact) mass is 220 g/mol. The zero-order valence-electron chi connectivity index (χ0n) is 8.23. The molecule has 0 aromatic carbocycles. The number of nitrogens with zero attached hydrogens (tertiary/aromatic N) is 2. The summed E-state index contributed by atoms with van der Waals surface area (Å²) in [5.41, 5.74) is 5.40. The van der Waals surface area contributed by atoms with Crippen molar-refractivity contribution in [1.29, 1.82) is 0 Å². The second kappa shape index (κ2) is 4.61. The summed E-state index contributed by atoms with van der Waals surface area (Å²) >= 11 is 0. The van der Waals surface area contributed by atoms with E-state index in [4.69, 9.17) is 5.73 Å². The number of nitrogens with two attached hydrogens (primary N) is 1. The third-order valence-corrected chi connectivity index (χ3v) is 4.07. The lowest BCUT2D eigenvalue weighted by atomic mass is 10.5. The average molecular weight is 220 g/mol. The number of sulfonamides is 1. The predicted molar refractivity (Wildman–Crippen MR) is 55.5 cm³/mol. The maximum atomic E-state index is 11.3. The van der Waals surface area contributed by atoms with Crippen LogP contribution in [-0.2, 0) is 10.0 Å². The molecule has 1 fully saturated rings. The Morgan fingerprint density at radius 2 is 2.36 bits per heavy atom. The molecule has 1 aliphatic heterocycles. The van der Waals surface area contributed by atoms with E-state index in [1.54, 1.807) is 7.05 Å². The van der Waals surface area contributed by atoms with Crippen LogP contribution < -0.4 is 11.1 Å². The molecule has 14 heavy (non-hydrogen) atoms. The molecule has 7 heteroatoms. The fraction of sp³-hybridized carbons (Fsp3) is 0.857. The van der Waals surface area contributed by atoms with Gasteiger partial charge in [0.25, 0.3) is 0 Å². The Kier molecular flexibility index (Phi) is 3.70. The van der Waals surface area contributed by atoms with Gasteiger partial charge in [0.05, 0.1) is 5.75 Å². The summed E-state index contributed by atoms with van der Waals surface area (Å²) in [5.74, 6) is 0.603. The first-order valence-electron chi connectivity index (χ1n) is 4.50. The Morgan fingerprint density at radius 1 is 1.64 bits per heavy atom. The van der Waals surface area contributed by atoms with Crippen LogP contribution in [0.15, 0.2) is 4.99 Å². The van der Waals surface area contributed by atoms with Crippen molar-refractivity contribution in [2.75, 3.05) is 32.4 Å².